The number of rotatable bonds is 8. The Morgan fingerprint density at radius 3 is 2.77 bits per heavy atom. The molecule has 1 unspecified atom stereocenters. The highest BCUT2D eigenvalue weighted by Gasteiger charge is 2.30. The molecule has 0 spiro atoms. The lowest BCUT2D eigenvalue weighted by atomic mass is 9.87. The van der Waals surface area contributed by atoms with Crippen molar-refractivity contribution in [2.45, 2.75) is 51.9 Å². The van der Waals surface area contributed by atoms with Crippen molar-refractivity contribution in [3.63, 3.8) is 0 Å². The molecule has 1 amide bonds. The first kappa shape index (κ1) is 22.2. The average Bonchev–Trinajstić information content (AvgIpc) is 3.47. The van der Waals surface area contributed by atoms with Crippen LogP contribution in [0.5, 0.6) is 0 Å². The van der Waals surface area contributed by atoms with Crippen LogP contribution in [0.1, 0.15) is 65.6 Å². The Balaban J connectivity index is 1.46. The monoisotopic (exact) mass is 464 g/mol. The summed E-state index contributed by atoms with van der Waals surface area (Å²) in [7, 11) is -3.30. The molecule has 7 nitrogen and oxygen atoms in total. The molecule has 0 saturated carbocycles. The number of carbonyl (C=O) groups excluding carboxylic acids is 2. The van der Waals surface area contributed by atoms with E-state index in [0.717, 1.165) is 42.5 Å². The fraction of sp³-hybridized carbons (Fsp3) is 0.545. The van der Waals surface area contributed by atoms with E-state index in [1.54, 1.807) is 12.1 Å². The summed E-state index contributed by atoms with van der Waals surface area (Å²) in [6.07, 6.45) is 6.31. The zero-order chi connectivity index (χ0) is 22.0. The van der Waals surface area contributed by atoms with Gasteiger partial charge in [-0.3, -0.25) is 9.59 Å². The van der Waals surface area contributed by atoms with Crippen LogP contribution in [-0.4, -0.2) is 43.3 Å². The van der Waals surface area contributed by atoms with Crippen molar-refractivity contribution in [3.05, 3.63) is 40.2 Å². The van der Waals surface area contributed by atoms with Crippen LogP contribution in [0.2, 0.25) is 0 Å². The van der Waals surface area contributed by atoms with Gasteiger partial charge in [0.05, 0.1) is 17.6 Å². The number of furan rings is 1. The van der Waals surface area contributed by atoms with E-state index in [9.17, 15) is 18.0 Å². The lowest BCUT2D eigenvalue weighted by Gasteiger charge is -2.18. The van der Waals surface area contributed by atoms with Gasteiger partial charge in [0.1, 0.15) is 5.00 Å². The zero-order valence-electron chi connectivity index (χ0n) is 17.7. The number of hydrogen-bond donors (Lipinski definition) is 1. The van der Waals surface area contributed by atoms with Gasteiger partial charge in [0.25, 0.3) is 0 Å². The van der Waals surface area contributed by atoms with Crippen LogP contribution in [0.4, 0.5) is 5.00 Å². The molecule has 0 radical (unpaired) electrons. The molecular weight excluding hydrogens is 436 g/mol. The summed E-state index contributed by atoms with van der Waals surface area (Å²) in [5.74, 6) is 0.279. The highest BCUT2D eigenvalue weighted by molar-refractivity contribution is 7.89. The minimum absolute atomic E-state index is 0.0307. The Morgan fingerprint density at radius 1 is 1.29 bits per heavy atom. The lowest BCUT2D eigenvalue weighted by molar-refractivity contribution is -0.116. The quantitative estimate of drug-likeness (QED) is 0.599. The predicted molar refractivity (Wildman–Crippen MR) is 120 cm³/mol. The van der Waals surface area contributed by atoms with E-state index >= 15 is 0 Å². The summed E-state index contributed by atoms with van der Waals surface area (Å²) in [6.45, 7) is 3.34. The molecule has 4 rings (SSSR count). The van der Waals surface area contributed by atoms with Crippen molar-refractivity contribution in [2.75, 3.05) is 24.2 Å². The van der Waals surface area contributed by atoms with E-state index in [4.69, 9.17) is 4.42 Å². The van der Waals surface area contributed by atoms with E-state index in [-0.39, 0.29) is 36.0 Å². The van der Waals surface area contributed by atoms with Gasteiger partial charge in [-0.25, -0.2) is 12.7 Å². The van der Waals surface area contributed by atoms with Crippen molar-refractivity contribution >= 4 is 38.1 Å². The largest absolute Gasteiger partial charge is 0.461 e. The zero-order valence-corrected chi connectivity index (χ0v) is 19.3. The molecule has 31 heavy (non-hydrogen) atoms. The number of fused-ring (bicyclic) bond motifs is 1. The average molecular weight is 465 g/mol. The number of amides is 1. The summed E-state index contributed by atoms with van der Waals surface area (Å²) in [6, 6.07) is 3.31. The summed E-state index contributed by atoms with van der Waals surface area (Å²) < 4.78 is 31.5. The van der Waals surface area contributed by atoms with Crippen LogP contribution in [0, 0.1) is 5.92 Å². The van der Waals surface area contributed by atoms with E-state index < -0.39 is 10.0 Å². The van der Waals surface area contributed by atoms with Crippen molar-refractivity contribution in [2.24, 2.45) is 5.92 Å². The minimum atomic E-state index is -3.30. The van der Waals surface area contributed by atoms with Crippen LogP contribution in [0.25, 0.3) is 0 Å². The van der Waals surface area contributed by atoms with Gasteiger partial charge in [-0.15, -0.1) is 11.3 Å². The first-order valence-electron chi connectivity index (χ1n) is 10.9. The Bertz CT molecular complexity index is 1050. The molecular formula is C22H28N2O5S2. The van der Waals surface area contributed by atoms with Crippen molar-refractivity contribution in [3.8, 4) is 0 Å². The predicted octanol–water partition coefficient (Wildman–Crippen LogP) is 3.84. The van der Waals surface area contributed by atoms with E-state index in [0.29, 0.717) is 29.6 Å². The van der Waals surface area contributed by atoms with Gasteiger partial charge >= 0.3 is 0 Å². The number of hydrogen-bond acceptors (Lipinski definition) is 6. The van der Waals surface area contributed by atoms with Crippen LogP contribution in [0.15, 0.2) is 22.8 Å². The van der Waals surface area contributed by atoms with Crippen molar-refractivity contribution in [1.82, 2.24) is 4.31 Å². The van der Waals surface area contributed by atoms with Crippen molar-refractivity contribution < 1.29 is 22.4 Å². The van der Waals surface area contributed by atoms with E-state index in [1.165, 1.54) is 21.9 Å². The molecule has 3 heterocycles. The van der Waals surface area contributed by atoms with Crippen LogP contribution in [-0.2, 0) is 27.7 Å². The second-order valence-corrected chi connectivity index (χ2v) is 11.6. The fourth-order valence-corrected chi connectivity index (χ4v) is 7.32. The molecule has 1 aliphatic carbocycles. The van der Waals surface area contributed by atoms with Gasteiger partial charge in [0.15, 0.2) is 5.76 Å². The number of nitrogens with one attached hydrogen (secondary N) is 1. The first-order valence-corrected chi connectivity index (χ1v) is 13.3. The van der Waals surface area contributed by atoms with E-state index in [2.05, 4.69) is 12.2 Å². The number of nitrogens with zero attached hydrogens (tertiary/aromatic N) is 1. The van der Waals surface area contributed by atoms with Gasteiger partial charge in [0.2, 0.25) is 21.7 Å². The Kier molecular flexibility index (Phi) is 6.64. The Hall–Kier alpha value is -1.97. The molecule has 0 aromatic carbocycles. The fourth-order valence-electron chi connectivity index (χ4n) is 4.31. The molecule has 2 aliphatic rings. The first-order chi connectivity index (χ1) is 14.8. The SMILES string of the molecule is CC1CCc2c(sc(NC(=O)CCCS(=O)(=O)N3CCCC3)c2C(=O)c2ccco2)C1. The molecule has 2 aromatic heterocycles. The normalized spacial score (nSPS) is 19.3. The van der Waals surface area contributed by atoms with Gasteiger partial charge in [0, 0.05) is 24.4 Å². The maximum Gasteiger partial charge on any atom is 0.231 e. The van der Waals surface area contributed by atoms with E-state index in [1.807, 2.05) is 0 Å². The Morgan fingerprint density at radius 2 is 2.06 bits per heavy atom. The lowest BCUT2D eigenvalue weighted by Crippen LogP contribution is -2.30. The van der Waals surface area contributed by atoms with Crippen molar-refractivity contribution in [1.29, 1.82) is 0 Å². The highest BCUT2D eigenvalue weighted by Crippen LogP contribution is 2.40. The Labute approximate surface area is 186 Å². The third-order valence-corrected chi connectivity index (χ3v) is 9.13. The van der Waals surface area contributed by atoms with Crippen LogP contribution >= 0.6 is 11.3 Å². The molecule has 168 valence electrons. The summed E-state index contributed by atoms with van der Waals surface area (Å²) in [5, 5.41) is 3.44. The van der Waals surface area contributed by atoms with Gasteiger partial charge < -0.3 is 9.73 Å². The van der Waals surface area contributed by atoms with Crippen LogP contribution < -0.4 is 5.32 Å². The molecule has 9 heteroatoms. The summed E-state index contributed by atoms with van der Waals surface area (Å²) in [5.41, 5.74) is 1.54. The highest BCUT2D eigenvalue weighted by atomic mass is 32.2. The molecule has 1 N–H and O–H groups in total. The number of thiophene rings is 1. The molecule has 1 atom stereocenters. The maximum atomic E-state index is 13.1. The minimum Gasteiger partial charge on any atom is -0.461 e. The number of ketones is 1. The number of anilines is 1. The number of sulfonamides is 1. The topological polar surface area (TPSA) is 96.7 Å². The third-order valence-electron chi connectivity index (χ3n) is 6.00. The third kappa shape index (κ3) is 4.94. The van der Waals surface area contributed by atoms with Gasteiger partial charge in [-0.2, -0.15) is 0 Å². The molecule has 1 fully saturated rings. The van der Waals surface area contributed by atoms with Gasteiger partial charge in [-0.05, 0) is 62.1 Å². The number of carbonyl (C=O) groups is 2. The molecule has 1 saturated heterocycles. The molecule has 2 aromatic rings. The second kappa shape index (κ2) is 9.26. The standard InChI is InChI=1S/C22H28N2O5S2/c1-15-8-9-16-18(14-15)30-22(20(16)21(26)17-6-4-12-29-17)23-19(25)7-5-13-31(27,28)24-10-2-3-11-24/h4,6,12,15H,2-3,5,7-11,13-14H2,1H3,(H,23,25). The molecule has 1 aliphatic heterocycles. The second-order valence-electron chi connectivity index (χ2n) is 8.44. The smallest absolute Gasteiger partial charge is 0.231 e. The maximum absolute atomic E-state index is 13.1. The summed E-state index contributed by atoms with van der Waals surface area (Å²) in [4.78, 5) is 26.8. The van der Waals surface area contributed by atoms with Crippen LogP contribution in [0.3, 0.4) is 0 Å². The van der Waals surface area contributed by atoms with Gasteiger partial charge in [-0.1, -0.05) is 6.92 Å². The summed E-state index contributed by atoms with van der Waals surface area (Å²) >= 11 is 1.46. The molecule has 0 bridgehead atoms.